The summed E-state index contributed by atoms with van der Waals surface area (Å²) >= 11 is 0. The van der Waals surface area contributed by atoms with Gasteiger partial charge in [-0.15, -0.1) is 0 Å². The molecule has 8 aromatic rings. The van der Waals surface area contributed by atoms with Crippen LogP contribution in [0.2, 0.25) is 0 Å². The summed E-state index contributed by atoms with van der Waals surface area (Å²) in [6.07, 6.45) is 4.70. The lowest BCUT2D eigenvalue weighted by Crippen LogP contribution is -2.36. The predicted molar refractivity (Wildman–Crippen MR) is 253 cm³/mol. The normalized spacial score (nSPS) is 15.2. The van der Waals surface area contributed by atoms with Gasteiger partial charge in [-0.1, -0.05) is 72.8 Å². The molecule has 4 atom stereocenters. The molecule has 6 aromatic carbocycles. The number of hydrogen-bond acceptors (Lipinski definition) is 8. The largest absolute Gasteiger partial charge is 0.483 e. The lowest BCUT2D eigenvalue weighted by atomic mass is 9.92. The molecule has 10 nitrogen and oxygen atoms in total. The van der Waals surface area contributed by atoms with E-state index >= 15 is 0 Å². The molecule has 0 bridgehead atoms. The molecule has 2 aliphatic rings. The number of benzene rings is 6. The summed E-state index contributed by atoms with van der Waals surface area (Å²) in [4.78, 5) is 38.8. The molecule has 10 rings (SSSR count). The molecule has 2 saturated heterocycles. The van der Waals surface area contributed by atoms with Crippen molar-refractivity contribution in [1.82, 2.24) is 19.8 Å². The van der Waals surface area contributed by atoms with E-state index in [0.717, 1.165) is 56.9 Å². The van der Waals surface area contributed by atoms with Gasteiger partial charge in [0.2, 0.25) is 11.8 Å². The summed E-state index contributed by atoms with van der Waals surface area (Å²) in [5.41, 5.74) is 5.84. The van der Waals surface area contributed by atoms with Crippen LogP contribution in [-0.4, -0.2) is 44.7 Å². The van der Waals surface area contributed by atoms with Crippen molar-refractivity contribution in [2.75, 3.05) is 13.1 Å². The van der Waals surface area contributed by atoms with Gasteiger partial charge in [-0.3, -0.25) is 19.6 Å². The molecule has 0 N–H and O–H groups in total. The minimum Gasteiger partial charge on any atom is -0.483 e. The second-order valence-electron chi connectivity index (χ2n) is 16.6. The van der Waals surface area contributed by atoms with Crippen molar-refractivity contribution in [3.8, 4) is 23.6 Å². The Kier molecular flexibility index (Phi) is 13.4. The number of halogens is 2. The SMILES string of the molecule is N#Cc1ccc(O[C@@H](c2cccc3cccnc23)[C@H](c2ccc(F)cc2)N2CCCC2=O)cc1.N#Cc1ccc(O[C@H](c2cccc3cccnc23)[C@@H](c2ccc(F)cc2)N2CCCC2=O)cc1. The van der Waals surface area contributed by atoms with Crippen molar-refractivity contribution in [3.05, 3.63) is 215 Å². The third-order valence-electron chi connectivity index (χ3n) is 12.3. The van der Waals surface area contributed by atoms with Crippen LogP contribution in [0.1, 0.15) is 83.4 Å². The van der Waals surface area contributed by atoms with Crippen LogP contribution in [0.5, 0.6) is 11.5 Å². The van der Waals surface area contributed by atoms with E-state index in [9.17, 15) is 18.4 Å². The van der Waals surface area contributed by atoms with E-state index in [1.807, 2.05) is 70.5 Å². The number of aromatic nitrogens is 2. The van der Waals surface area contributed by atoms with Crippen LogP contribution in [0.4, 0.5) is 8.78 Å². The maximum Gasteiger partial charge on any atom is 0.223 e. The first kappa shape index (κ1) is 44.7. The van der Waals surface area contributed by atoms with Gasteiger partial charge < -0.3 is 19.3 Å². The van der Waals surface area contributed by atoms with Crippen LogP contribution < -0.4 is 9.47 Å². The first-order valence-electron chi connectivity index (χ1n) is 22.4. The second kappa shape index (κ2) is 20.4. The number of ether oxygens (including phenoxy) is 2. The fraction of sp³-hybridized carbons (Fsp3) is 0.179. The van der Waals surface area contributed by atoms with E-state index in [4.69, 9.17) is 20.0 Å². The van der Waals surface area contributed by atoms with Crippen molar-refractivity contribution in [2.24, 2.45) is 0 Å². The van der Waals surface area contributed by atoms with Gasteiger partial charge in [0.05, 0.1) is 46.4 Å². The highest BCUT2D eigenvalue weighted by Crippen LogP contribution is 2.44. The lowest BCUT2D eigenvalue weighted by molar-refractivity contribution is -0.132. The molecule has 2 amide bonds. The Morgan fingerprint density at radius 1 is 0.500 bits per heavy atom. The average molecular weight is 903 g/mol. The molecule has 0 spiro atoms. The number of hydrogen-bond donors (Lipinski definition) is 0. The lowest BCUT2D eigenvalue weighted by Gasteiger charge is -2.35. The number of likely N-dealkylation sites (tertiary alicyclic amines) is 2. The van der Waals surface area contributed by atoms with Crippen LogP contribution in [0.3, 0.4) is 0 Å². The zero-order valence-corrected chi connectivity index (χ0v) is 36.8. The van der Waals surface area contributed by atoms with E-state index in [2.05, 4.69) is 22.1 Å². The molecule has 2 fully saturated rings. The van der Waals surface area contributed by atoms with Gasteiger partial charge in [0.25, 0.3) is 0 Å². The molecule has 2 aromatic heterocycles. The Bertz CT molecular complexity index is 2930. The summed E-state index contributed by atoms with van der Waals surface area (Å²) in [5, 5.41) is 20.2. The van der Waals surface area contributed by atoms with Crippen LogP contribution in [0, 0.1) is 34.3 Å². The molecule has 0 unspecified atom stereocenters. The second-order valence-corrected chi connectivity index (χ2v) is 16.6. The van der Waals surface area contributed by atoms with Crippen molar-refractivity contribution in [3.63, 3.8) is 0 Å². The standard InChI is InChI=1S/2C28H22FN3O2/c2*29-22-12-10-21(11-13-22)27(32-17-3-7-25(32)33)28(34-23-14-8-19(18-30)9-15-23)24-6-1-4-20-5-2-16-31-26(20)24/h2*1-2,4-6,8-16,27-28H,3,7,17H2/t2*27-,28-/m10/s1. The maximum absolute atomic E-state index is 13.8. The minimum atomic E-state index is -0.612. The van der Waals surface area contributed by atoms with Crippen LogP contribution in [-0.2, 0) is 9.59 Å². The molecular weight excluding hydrogens is 859 g/mol. The van der Waals surface area contributed by atoms with E-state index in [1.54, 1.807) is 85.2 Å². The molecule has 0 saturated carbocycles. The highest BCUT2D eigenvalue weighted by Gasteiger charge is 2.39. The van der Waals surface area contributed by atoms with Crippen LogP contribution >= 0.6 is 0 Å². The minimum absolute atomic E-state index is 0.0379. The Hall–Kier alpha value is -8.48. The zero-order chi connectivity index (χ0) is 47.0. The highest BCUT2D eigenvalue weighted by molar-refractivity contribution is 5.84. The molecule has 68 heavy (non-hydrogen) atoms. The monoisotopic (exact) mass is 902 g/mol. The Labute approximate surface area is 392 Å². The van der Waals surface area contributed by atoms with Gasteiger partial charge in [0.1, 0.15) is 23.1 Å². The number of amides is 2. The number of rotatable bonds is 12. The number of para-hydroxylation sites is 2. The van der Waals surface area contributed by atoms with Crippen LogP contribution in [0.25, 0.3) is 21.8 Å². The molecule has 12 heteroatoms. The number of nitriles is 2. The van der Waals surface area contributed by atoms with Crippen molar-refractivity contribution in [1.29, 1.82) is 10.5 Å². The van der Waals surface area contributed by atoms with E-state index < -0.39 is 24.3 Å². The Morgan fingerprint density at radius 3 is 1.24 bits per heavy atom. The zero-order valence-electron chi connectivity index (χ0n) is 36.8. The van der Waals surface area contributed by atoms with E-state index in [0.29, 0.717) is 48.6 Å². The van der Waals surface area contributed by atoms with Gasteiger partial charge in [0, 0.05) is 60.2 Å². The van der Waals surface area contributed by atoms with Crippen LogP contribution in [0.15, 0.2) is 170 Å². The number of nitrogens with zero attached hydrogens (tertiary/aromatic N) is 6. The molecule has 336 valence electrons. The van der Waals surface area contributed by atoms with Crippen molar-refractivity contribution >= 4 is 33.6 Å². The summed E-state index contributed by atoms with van der Waals surface area (Å²) in [7, 11) is 0. The smallest absolute Gasteiger partial charge is 0.223 e. The summed E-state index contributed by atoms with van der Waals surface area (Å²) in [6, 6.07) is 49.0. The average Bonchev–Trinajstić information content (AvgIpc) is 4.01. The third kappa shape index (κ3) is 9.72. The number of fused-ring (bicyclic) bond motifs is 2. The van der Waals surface area contributed by atoms with Gasteiger partial charge >= 0.3 is 0 Å². The number of carbonyl (C=O) groups is 2. The molecule has 4 heterocycles. The van der Waals surface area contributed by atoms with Gasteiger partial charge in [-0.25, -0.2) is 8.78 Å². The fourth-order valence-electron chi connectivity index (χ4n) is 9.10. The van der Waals surface area contributed by atoms with Gasteiger partial charge in [0.15, 0.2) is 12.2 Å². The van der Waals surface area contributed by atoms with Gasteiger partial charge in [-0.05, 0) is 109 Å². The predicted octanol–water partition coefficient (Wildman–Crippen LogP) is 11.5. The van der Waals surface area contributed by atoms with E-state index in [1.165, 1.54) is 24.3 Å². The molecule has 2 aliphatic heterocycles. The summed E-state index contributed by atoms with van der Waals surface area (Å²) < 4.78 is 40.8. The first-order chi connectivity index (χ1) is 33.3. The molecular formula is C56H44F2N6O4. The Morgan fingerprint density at radius 2 is 0.882 bits per heavy atom. The topological polar surface area (TPSA) is 132 Å². The third-order valence-corrected chi connectivity index (χ3v) is 12.3. The van der Waals surface area contributed by atoms with E-state index in [-0.39, 0.29) is 23.4 Å². The fourth-order valence-corrected chi connectivity index (χ4v) is 9.10. The van der Waals surface area contributed by atoms with Crippen molar-refractivity contribution < 1.29 is 27.8 Å². The van der Waals surface area contributed by atoms with Crippen molar-refractivity contribution in [2.45, 2.75) is 50.0 Å². The quantitative estimate of drug-likeness (QED) is 0.118. The summed E-state index contributed by atoms with van der Waals surface area (Å²) in [6.45, 7) is 1.18. The molecule has 0 radical (unpaired) electrons. The van der Waals surface area contributed by atoms with Gasteiger partial charge in [-0.2, -0.15) is 10.5 Å². The highest BCUT2D eigenvalue weighted by atomic mass is 19.1. The number of carbonyl (C=O) groups excluding carboxylic acids is 2. The summed E-state index contributed by atoms with van der Waals surface area (Å²) in [5.74, 6) is 0.525. The maximum atomic E-state index is 13.8. The molecule has 0 aliphatic carbocycles. The number of pyridine rings is 2. The first-order valence-corrected chi connectivity index (χ1v) is 22.4. The Balaban J connectivity index is 0.000000170.